The number of rotatable bonds is 4. The molecule has 0 bridgehead atoms. The van der Waals surface area contributed by atoms with E-state index in [0.717, 1.165) is 20.8 Å². The molecule has 3 aromatic rings. The van der Waals surface area contributed by atoms with Gasteiger partial charge in [-0.3, -0.25) is 9.78 Å². The highest BCUT2D eigenvalue weighted by Gasteiger charge is 2.11. The number of carbonyl (C=O) groups excluding carboxylic acids is 1. The van der Waals surface area contributed by atoms with E-state index in [9.17, 15) is 4.79 Å². The fourth-order valence-corrected chi connectivity index (χ4v) is 3.21. The van der Waals surface area contributed by atoms with Gasteiger partial charge in [-0.25, -0.2) is 4.98 Å². The molecule has 3 heterocycles. The summed E-state index contributed by atoms with van der Waals surface area (Å²) in [6, 6.07) is 3.71. The fourth-order valence-electron chi connectivity index (χ4n) is 1.96. The summed E-state index contributed by atoms with van der Waals surface area (Å²) in [6.45, 7) is 2.32. The second kappa shape index (κ2) is 5.83. The Bertz CT molecular complexity index is 796. The number of pyridine rings is 1. The van der Waals surface area contributed by atoms with Crippen molar-refractivity contribution in [1.82, 2.24) is 14.5 Å². The number of nitrogens with zero attached hydrogens (tertiary/aromatic N) is 3. The number of thiophene rings is 1. The Morgan fingerprint density at radius 2 is 2.33 bits per heavy atom. The smallest absolute Gasteiger partial charge is 0.325 e. The SMILES string of the molecule is CCOC(=O)Cn1cnc(-c2cc3nccc(Cl)c3s2)c1. The molecule has 0 N–H and O–H groups in total. The average molecular weight is 322 g/mol. The fraction of sp³-hybridized carbons (Fsp3) is 0.214. The minimum absolute atomic E-state index is 0.157. The third kappa shape index (κ3) is 2.91. The van der Waals surface area contributed by atoms with Crippen molar-refractivity contribution in [2.45, 2.75) is 13.5 Å². The first-order valence-corrected chi connectivity index (χ1v) is 7.58. The number of esters is 1. The molecule has 5 nitrogen and oxygen atoms in total. The van der Waals surface area contributed by atoms with Crippen LogP contribution in [0.4, 0.5) is 0 Å². The van der Waals surface area contributed by atoms with Gasteiger partial charge in [-0.15, -0.1) is 11.3 Å². The zero-order valence-electron chi connectivity index (χ0n) is 11.2. The quantitative estimate of drug-likeness (QED) is 0.691. The van der Waals surface area contributed by atoms with Crippen LogP contribution in [0.2, 0.25) is 5.02 Å². The highest BCUT2D eigenvalue weighted by atomic mass is 35.5. The van der Waals surface area contributed by atoms with Crippen molar-refractivity contribution in [2.24, 2.45) is 0 Å². The van der Waals surface area contributed by atoms with E-state index in [1.165, 1.54) is 11.3 Å². The molecule has 0 saturated heterocycles. The van der Waals surface area contributed by atoms with Crippen LogP contribution in [0.25, 0.3) is 20.8 Å². The van der Waals surface area contributed by atoms with E-state index in [1.807, 2.05) is 12.3 Å². The predicted octanol–water partition coefficient (Wildman–Crippen LogP) is 3.38. The van der Waals surface area contributed by atoms with Crippen LogP contribution in [0.1, 0.15) is 6.92 Å². The van der Waals surface area contributed by atoms with Gasteiger partial charge < -0.3 is 9.30 Å². The van der Waals surface area contributed by atoms with Crippen molar-refractivity contribution in [1.29, 1.82) is 0 Å². The Labute approximate surface area is 130 Å². The standard InChI is InChI=1S/C14H12ClN3O2S/c1-2-20-13(19)7-18-6-11(17-8-18)12-5-10-14(21-12)9(15)3-4-16-10/h3-6,8H,2,7H2,1H3. The van der Waals surface area contributed by atoms with Crippen molar-refractivity contribution < 1.29 is 9.53 Å². The molecule has 0 amide bonds. The molecule has 0 atom stereocenters. The number of ether oxygens (including phenoxy) is 1. The highest BCUT2D eigenvalue weighted by Crippen LogP contribution is 2.35. The lowest BCUT2D eigenvalue weighted by molar-refractivity contribution is -0.143. The summed E-state index contributed by atoms with van der Waals surface area (Å²) in [7, 11) is 0. The second-order valence-electron chi connectivity index (χ2n) is 4.35. The molecule has 7 heteroatoms. The second-order valence-corrected chi connectivity index (χ2v) is 5.81. The lowest BCUT2D eigenvalue weighted by Gasteiger charge is -2.01. The normalized spacial score (nSPS) is 11.0. The molecule has 21 heavy (non-hydrogen) atoms. The maximum Gasteiger partial charge on any atom is 0.325 e. The van der Waals surface area contributed by atoms with Crippen molar-refractivity contribution in [3.63, 3.8) is 0 Å². The first kappa shape index (κ1) is 14.0. The maximum absolute atomic E-state index is 11.4. The highest BCUT2D eigenvalue weighted by molar-refractivity contribution is 7.22. The van der Waals surface area contributed by atoms with Gasteiger partial charge in [0.15, 0.2) is 0 Å². The van der Waals surface area contributed by atoms with Gasteiger partial charge in [-0.2, -0.15) is 0 Å². The summed E-state index contributed by atoms with van der Waals surface area (Å²) in [4.78, 5) is 21.0. The minimum atomic E-state index is -0.275. The monoisotopic (exact) mass is 321 g/mol. The van der Waals surface area contributed by atoms with Gasteiger partial charge in [-0.05, 0) is 19.1 Å². The number of carbonyl (C=O) groups is 1. The molecule has 108 valence electrons. The predicted molar refractivity (Wildman–Crippen MR) is 82.5 cm³/mol. The molecule has 0 spiro atoms. The van der Waals surface area contributed by atoms with E-state index in [-0.39, 0.29) is 12.5 Å². The molecule has 0 aliphatic rings. The van der Waals surface area contributed by atoms with E-state index in [0.29, 0.717) is 11.6 Å². The first-order valence-electron chi connectivity index (χ1n) is 6.39. The van der Waals surface area contributed by atoms with E-state index in [1.54, 1.807) is 30.1 Å². The first-order chi connectivity index (χ1) is 10.2. The van der Waals surface area contributed by atoms with Crippen molar-refractivity contribution in [3.8, 4) is 10.6 Å². The van der Waals surface area contributed by atoms with Gasteiger partial charge in [0.25, 0.3) is 0 Å². The van der Waals surface area contributed by atoms with Crippen LogP contribution < -0.4 is 0 Å². The molecule has 0 fully saturated rings. The lowest BCUT2D eigenvalue weighted by atomic mass is 10.3. The Kier molecular flexibility index (Phi) is 3.90. The van der Waals surface area contributed by atoms with Crippen LogP contribution >= 0.6 is 22.9 Å². The molecular formula is C14H12ClN3O2S. The van der Waals surface area contributed by atoms with Crippen LogP contribution in [0.5, 0.6) is 0 Å². The number of imidazole rings is 1. The number of hydrogen-bond acceptors (Lipinski definition) is 5. The summed E-state index contributed by atoms with van der Waals surface area (Å²) in [5, 5.41) is 0.683. The van der Waals surface area contributed by atoms with E-state index >= 15 is 0 Å². The molecule has 0 unspecified atom stereocenters. The van der Waals surface area contributed by atoms with Crippen LogP contribution in [0, 0.1) is 0 Å². The molecule has 0 aromatic carbocycles. The van der Waals surface area contributed by atoms with E-state index in [2.05, 4.69) is 9.97 Å². The van der Waals surface area contributed by atoms with Crippen molar-refractivity contribution >= 4 is 39.1 Å². The molecule has 0 saturated carbocycles. The van der Waals surface area contributed by atoms with Crippen LogP contribution in [0.15, 0.2) is 30.9 Å². The maximum atomic E-state index is 11.4. The summed E-state index contributed by atoms with van der Waals surface area (Å²) >= 11 is 7.68. The summed E-state index contributed by atoms with van der Waals surface area (Å²) in [5.74, 6) is -0.275. The Morgan fingerprint density at radius 3 is 3.10 bits per heavy atom. The zero-order valence-corrected chi connectivity index (χ0v) is 12.8. The van der Waals surface area contributed by atoms with Gasteiger partial charge in [0.2, 0.25) is 0 Å². The Hall–Kier alpha value is -1.92. The van der Waals surface area contributed by atoms with Crippen molar-refractivity contribution in [3.05, 3.63) is 35.9 Å². The largest absolute Gasteiger partial charge is 0.465 e. The van der Waals surface area contributed by atoms with Gasteiger partial charge >= 0.3 is 5.97 Å². The summed E-state index contributed by atoms with van der Waals surface area (Å²) in [5.41, 5.74) is 1.64. The molecule has 0 aliphatic heterocycles. The number of hydrogen-bond donors (Lipinski definition) is 0. The lowest BCUT2D eigenvalue weighted by Crippen LogP contribution is -2.11. The molecule has 0 aliphatic carbocycles. The van der Waals surface area contributed by atoms with Gasteiger partial charge in [0.05, 0.1) is 38.7 Å². The molecule has 3 aromatic heterocycles. The van der Waals surface area contributed by atoms with Gasteiger partial charge in [0, 0.05) is 12.4 Å². The molecule has 0 radical (unpaired) electrons. The van der Waals surface area contributed by atoms with Gasteiger partial charge in [-0.1, -0.05) is 11.6 Å². The van der Waals surface area contributed by atoms with Crippen LogP contribution in [-0.4, -0.2) is 27.1 Å². The summed E-state index contributed by atoms with van der Waals surface area (Å²) < 4.78 is 7.55. The van der Waals surface area contributed by atoms with E-state index in [4.69, 9.17) is 16.3 Å². The summed E-state index contributed by atoms with van der Waals surface area (Å²) in [6.07, 6.45) is 5.11. The Morgan fingerprint density at radius 1 is 1.48 bits per heavy atom. The molecule has 3 rings (SSSR count). The minimum Gasteiger partial charge on any atom is -0.465 e. The molecular weight excluding hydrogens is 310 g/mol. The number of fused-ring (bicyclic) bond motifs is 1. The van der Waals surface area contributed by atoms with Gasteiger partial charge in [0.1, 0.15) is 6.54 Å². The Balaban J connectivity index is 1.87. The van der Waals surface area contributed by atoms with E-state index < -0.39 is 0 Å². The average Bonchev–Trinajstić information content (AvgIpc) is 3.06. The zero-order chi connectivity index (χ0) is 14.8. The topological polar surface area (TPSA) is 57.0 Å². The third-order valence-electron chi connectivity index (χ3n) is 2.87. The van der Waals surface area contributed by atoms with Crippen LogP contribution in [0.3, 0.4) is 0 Å². The number of aromatic nitrogens is 3. The van der Waals surface area contributed by atoms with Crippen molar-refractivity contribution in [2.75, 3.05) is 6.61 Å². The number of halogens is 1. The third-order valence-corrected chi connectivity index (χ3v) is 4.47. The van der Waals surface area contributed by atoms with Crippen LogP contribution in [-0.2, 0) is 16.1 Å².